The zero-order valence-electron chi connectivity index (χ0n) is 13.2. The highest BCUT2D eigenvalue weighted by Gasteiger charge is 2.52. The van der Waals surface area contributed by atoms with Crippen molar-refractivity contribution in [3.8, 4) is 0 Å². The number of hydrogen-bond acceptors (Lipinski definition) is 4. The van der Waals surface area contributed by atoms with Crippen molar-refractivity contribution in [3.05, 3.63) is 66.2 Å². The number of rotatable bonds is 5. The first-order valence-electron chi connectivity index (χ1n) is 7.74. The minimum Gasteiger partial charge on any atom is -0.349 e. The van der Waals surface area contributed by atoms with Gasteiger partial charge in [0.05, 0.1) is 6.04 Å². The van der Waals surface area contributed by atoms with Crippen LogP contribution in [0.2, 0.25) is 0 Å². The zero-order valence-corrected chi connectivity index (χ0v) is 14.8. The van der Waals surface area contributed by atoms with Crippen LogP contribution in [0.15, 0.2) is 75.8 Å². The summed E-state index contributed by atoms with van der Waals surface area (Å²) in [5.74, 6) is -0.215. The molecular weight excluding hydrogens is 342 g/mol. The molecule has 4 nitrogen and oxygen atoms in total. The molecule has 0 radical (unpaired) electrons. The molecule has 24 heavy (non-hydrogen) atoms. The van der Waals surface area contributed by atoms with Gasteiger partial charge in [0.15, 0.2) is 0 Å². The van der Waals surface area contributed by atoms with Crippen LogP contribution in [0.3, 0.4) is 0 Å². The van der Waals surface area contributed by atoms with Crippen molar-refractivity contribution >= 4 is 29.3 Å². The SMILES string of the molecule is C[C@@H]1N=N[C@](Sc2ccccc2)(C(=O)NCc2ccccc2)[C@H]1Cl. The summed E-state index contributed by atoms with van der Waals surface area (Å²) in [6.45, 7) is 2.31. The number of nitrogens with one attached hydrogen (secondary N) is 1. The fourth-order valence-corrected chi connectivity index (χ4v) is 4.03. The molecule has 1 heterocycles. The Bertz CT molecular complexity index is 726. The Kier molecular flexibility index (Phi) is 5.21. The van der Waals surface area contributed by atoms with Gasteiger partial charge in [-0.3, -0.25) is 4.79 Å². The number of carbonyl (C=O) groups excluding carboxylic acids is 1. The van der Waals surface area contributed by atoms with Crippen molar-refractivity contribution in [1.29, 1.82) is 0 Å². The van der Waals surface area contributed by atoms with Gasteiger partial charge in [-0.15, -0.1) is 11.6 Å². The summed E-state index contributed by atoms with van der Waals surface area (Å²) in [4.78, 5) is 12.7. The smallest absolute Gasteiger partial charge is 0.262 e. The van der Waals surface area contributed by atoms with Crippen LogP contribution in [0.4, 0.5) is 0 Å². The van der Waals surface area contributed by atoms with Gasteiger partial charge in [0, 0.05) is 11.4 Å². The Balaban J connectivity index is 1.80. The van der Waals surface area contributed by atoms with E-state index in [0.717, 1.165) is 10.5 Å². The van der Waals surface area contributed by atoms with Gasteiger partial charge < -0.3 is 5.32 Å². The summed E-state index contributed by atoms with van der Waals surface area (Å²) >= 11 is 7.89. The lowest BCUT2D eigenvalue weighted by atomic mass is 10.1. The van der Waals surface area contributed by atoms with E-state index in [-0.39, 0.29) is 11.9 Å². The first-order valence-corrected chi connectivity index (χ1v) is 8.99. The van der Waals surface area contributed by atoms with E-state index in [1.165, 1.54) is 11.8 Å². The van der Waals surface area contributed by atoms with Crippen molar-refractivity contribution in [3.63, 3.8) is 0 Å². The molecule has 1 amide bonds. The molecule has 6 heteroatoms. The van der Waals surface area contributed by atoms with E-state index in [2.05, 4.69) is 15.5 Å². The minimum atomic E-state index is -1.14. The van der Waals surface area contributed by atoms with Crippen LogP contribution in [0.5, 0.6) is 0 Å². The maximum Gasteiger partial charge on any atom is 0.262 e. The Labute approximate surface area is 150 Å². The number of nitrogens with zero attached hydrogens (tertiary/aromatic N) is 2. The van der Waals surface area contributed by atoms with Crippen molar-refractivity contribution in [2.24, 2.45) is 10.2 Å². The number of carbonyl (C=O) groups is 1. The Hall–Kier alpha value is -1.85. The van der Waals surface area contributed by atoms with Gasteiger partial charge in [-0.1, -0.05) is 60.3 Å². The topological polar surface area (TPSA) is 53.8 Å². The lowest BCUT2D eigenvalue weighted by Gasteiger charge is -2.27. The second-order valence-electron chi connectivity index (χ2n) is 5.64. The van der Waals surface area contributed by atoms with Crippen molar-refractivity contribution in [1.82, 2.24) is 5.32 Å². The molecule has 3 rings (SSSR count). The van der Waals surface area contributed by atoms with Crippen LogP contribution in [0, 0.1) is 0 Å². The number of azo groups is 1. The largest absolute Gasteiger partial charge is 0.349 e. The Morgan fingerprint density at radius 1 is 1.17 bits per heavy atom. The van der Waals surface area contributed by atoms with E-state index in [9.17, 15) is 4.79 Å². The van der Waals surface area contributed by atoms with Crippen molar-refractivity contribution in [2.75, 3.05) is 0 Å². The van der Waals surface area contributed by atoms with E-state index in [1.54, 1.807) is 0 Å². The molecule has 0 saturated heterocycles. The molecular formula is C18H18ClN3OS. The summed E-state index contributed by atoms with van der Waals surface area (Å²) in [5.41, 5.74) is 1.03. The van der Waals surface area contributed by atoms with E-state index in [0.29, 0.717) is 6.54 Å². The third-order valence-corrected chi connectivity index (χ3v) is 5.97. The lowest BCUT2D eigenvalue weighted by molar-refractivity contribution is -0.123. The van der Waals surface area contributed by atoms with Crippen LogP contribution in [-0.2, 0) is 11.3 Å². The van der Waals surface area contributed by atoms with Gasteiger partial charge in [-0.05, 0) is 24.6 Å². The number of amides is 1. The second kappa shape index (κ2) is 7.36. The summed E-state index contributed by atoms with van der Waals surface area (Å²) in [6, 6.07) is 19.2. The average Bonchev–Trinajstić information content (AvgIpc) is 2.91. The van der Waals surface area contributed by atoms with Gasteiger partial charge >= 0.3 is 0 Å². The van der Waals surface area contributed by atoms with Gasteiger partial charge in [-0.2, -0.15) is 10.2 Å². The lowest BCUT2D eigenvalue weighted by Crippen LogP contribution is -2.49. The maximum atomic E-state index is 12.9. The molecule has 0 aliphatic carbocycles. The fourth-order valence-electron chi connectivity index (χ4n) is 2.48. The van der Waals surface area contributed by atoms with Crippen molar-refractivity contribution < 1.29 is 4.79 Å². The van der Waals surface area contributed by atoms with Gasteiger partial charge in [-0.25, -0.2) is 0 Å². The predicted octanol–water partition coefficient (Wildman–Crippen LogP) is 4.25. The summed E-state index contributed by atoms with van der Waals surface area (Å²) < 4.78 is 0. The van der Waals surface area contributed by atoms with E-state index in [4.69, 9.17) is 11.6 Å². The average molecular weight is 360 g/mol. The summed E-state index contributed by atoms with van der Waals surface area (Å²) in [7, 11) is 0. The molecule has 0 spiro atoms. The molecule has 0 bridgehead atoms. The monoisotopic (exact) mass is 359 g/mol. The van der Waals surface area contributed by atoms with Gasteiger partial charge in [0.2, 0.25) is 4.87 Å². The predicted molar refractivity (Wildman–Crippen MR) is 97.3 cm³/mol. The normalized spacial score (nSPS) is 25.6. The van der Waals surface area contributed by atoms with Crippen LogP contribution < -0.4 is 5.32 Å². The molecule has 1 aliphatic rings. The quantitative estimate of drug-likeness (QED) is 0.811. The highest BCUT2D eigenvalue weighted by Crippen LogP contribution is 2.45. The van der Waals surface area contributed by atoms with E-state index >= 15 is 0 Å². The first-order chi connectivity index (χ1) is 11.6. The number of benzene rings is 2. The van der Waals surface area contributed by atoms with Crippen LogP contribution in [0.1, 0.15) is 12.5 Å². The third kappa shape index (κ3) is 3.47. The highest BCUT2D eigenvalue weighted by molar-refractivity contribution is 8.01. The van der Waals surface area contributed by atoms with Crippen LogP contribution in [-0.4, -0.2) is 22.2 Å². The van der Waals surface area contributed by atoms with Gasteiger partial charge in [0.1, 0.15) is 5.38 Å². The standard InChI is InChI=1S/C18H18ClN3OS/c1-13-16(19)18(22-21-13,24-15-10-6-3-7-11-15)17(23)20-12-14-8-4-2-5-9-14/h2-11,13,16H,12H2,1H3,(H,20,23)/t13-,16-,18+/m0/s1. The molecule has 2 aromatic rings. The van der Waals surface area contributed by atoms with E-state index in [1.807, 2.05) is 67.6 Å². The van der Waals surface area contributed by atoms with Crippen LogP contribution >= 0.6 is 23.4 Å². The maximum absolute atomic E-state index is 12.9. The Morgan fingerprint density at radius 2 is 1.79 bits per heavy atom. The Morgan fingerprint density at radius 3 is 2.38 bits per heavy atom. The fraction of sp³-hybridized carbons (Fsp3) is 0.278. The highest BCUT2D eigenvalue weighted by atomic mass is 35.5. The first kappa shape index (κ1) is 17.0. The molecule has 0 saturated carbocycles. The third-order valence-electron chi connectivity index (χ3n) is 3.82. The molecule has 1 aliphatic heterocycles. The number of alkyl halides is 1. The zero-order chi connectivity index (χ0) is 17.0. The van der Waals surface area contributed by atoms with Gasteiger partial charge in [0.25, 0.3) is 5.91 Å². The molecule has 1 N–H and O–H groups in total. The second-order valence-corrected chi connectivity index (χ2v) is 7.41. The molecule has 0 unspecified atom stereocenters. The van der Waals surface area contributed by atoms with Crippen molar-refractivity contribution in [2.45, 2.75) is 34.7 Å². The summed E-state index contributed by atoms with van der Waals surface area (Å²) in [6.07, 6.45) is 0. The minimum absolute atomic E-state index is 0.203. The number of thioether (sulfide) groups is 1. The van der Waals surface area contributed by atoms with E-state index < -0.39 is 10.2 Å². The molecule has 3 atom stereocenters. The molecule has 124 valence electrons. The number of halogens is 1. The molecule has 0 fully saturated rings. The summed E-state index contributed by atoms with van der Waals surface area (Å²) in [5, 5.41) is 10.9. The molecule has 0 aromatic heterocycles. The number of hydrogen-bond donors (Lipinski definition) is 1. The van der Waals surface area contributed by atoms with Crippen LogP contribution in [0.25, 0.3) is 0 Å². The molecule has 2 aromatic carbocycles.